The lowest BCUT2D eigenvalue weighted by Crippen LogP contribution is -2.06. The van der Waals surface area contributed by atoms with Gasteiger partial charge in [0, 0.05) is 10.5 Å². The minimum absolute atomic E-state index is 0.123. The summed E-state index contributed by atoms with van der Waals surface area (Å²) in [6.07, 6.45) is 0. The second-order valence-electron chi connectivity index (χ2n) is 3.73. The molecule has 1 aromatic heterocycles. The zero-order valence-electron chi connectivity index (χ0n) is 9.91. The maximum absolute atomic E-state index is 10.9. The Balaban J connectivity index is 2.48. The molecule has 7 nitrogen and oxygen atoms in total. The largest absolute Gasteiger partial charge is 0.477 e. The smallest absolute Gasteiger partial charge is 0.354 e. The summed E-state index contributed by atoms with van der Waals surface area (Å²) in [7, 11) is 0. The summed E-state index contributed by atoms with van der Waals surface area (Å²) >= 11 is 3.29. The molecule has 102 valence electrons. The first-order chi connectivity index (χ1) is 9.49. The summed E-state index contributed by atoms with van der Waals surface area (Å²) < 4.78 is 0.678. The minimum atomic E-state index is -1.25. The van der Waals surface area contributed by atoms with Crippen molar-refractivity contribution < 1.29 is 14.8 Å². The van der Waals surface area contributed by atoms with Gasteiger partial charge >= 0.3 is 11.7 Å². The molecule has 0 aliphatic carbocycles. The molecule has 0 saturated carbocycles. The number of para-hydroxylation sites is 1. The molecule has 0 atom stereocenters. The van der Waals surface area contributed by atoms with E-state index in [0.717, 1.165) is 12.1 Å². The summed E-state index contributed by atoms with van der Waals surface area (Å²) in [5.74, 6) is -1.38. The van der Waals surface area contributed by atoms with Gasteiger partial charge in [0.15, 0.2) is 5.69 Å². The number of aromatic carboxylic acids is 1. The first-order valence-corrected chi connectivity index (χ1v) is 6.18. The molecule has 0 amide bonds. The topological polar surface area (TPSA) is 105 Å². The third-order valence-electron chi connectivity index (χ3n) is 2.42. The van der Waals surface area contributed by atoms with E-state index in [1.807, 2.05) is 0 Å². The van der Waals surface area contributed by atoms with Crippen LogP contribution in [-0.4, -0.2) is 21.0 Å². The number of nitro groups is 1. The Hall–Kier alpha value is -2.48. The van der Waals surface area contributed by atoms with Crippen molar-refractivity contribution in [1.29, 1.82) is 0 Å². The number of pyridine rings is 1. The fourth-order valence-corrected chi connectivity index (χ4v) is 1.88. The van der Waals surface area contributed by atoms with Crippen molar-refractivity contribution in [3.05, 3.63) is 56.7 Å². The van der Waals surface area contributed by atoms with E-state index in [1.54, 1.807) is 24.3 Å². The third kappa shape index (κ3) is 2.91. The second-order valence-corrected chi connectivity index (χ2v) is 4.59. The summed E-state index contributed by atoms with van der Waals surface area (Å²) in [5.41, 5.74) is -0.0263. The Labute approximate surface area is 121 Å². The molecule has 0 saturated heterocycles. The van der Waals surface area contributed by atoms with E-state index in [-0.39, 0.29) is 17.2 Å². The fourth-order valence-electron chi connectivity index (χ4n) is 1.50. The van der Waals surface area contributed by atoms with Crippen molar-refractivity contribution in [2.45, 2.75) is 0 Å². The van der Waals surface area contributed by atoms with Gasteiger partial charge in [-0.3, -0.25) is 10.1 Å². The van der Waals surface area contributed by atoms with Gasteiger partial charge in [0.1, 0.15) is 0 Å². The lowest BCUT2D eigenvalue weighted by atomic mass is 10.3. The van der Waals surface area contributed by atoms with E-state index in [4.69, 9.17) is 5.11 Å². The number of nitrogens with zero attached hydrogens (tertiary/aromatic N) is 2. The van der Waals surface area contributed by atoms with E-state index >= 15 is 0 Å². The van der Waals surface area contributed by atoms with Crippen LogP contribution in [0.4, 0.5) is 17.2 Å². The molecular formula is C12H8BrN3O4. The molecular weight excluding hydrogens is 330 g/mol. The summed E-state index contributed by atoms with van der Waals surface area (Å²) in [5, 5.41) is 22.6. The van der Waals surface area contributed by atoms with Crippen molar-refractivity contribution in [3.8, 4) is 0 Å². The van der Waals surface area contributed by atoms with Gasteiger partial charge in [0.2, 0.25) is 5.82 Å². The lowest BCUT2D eigenvalue weighted by molar-refractivity contribution is -0.384. The Bertz CT molecular complexity index is 690. The molecule has 0 bridgehead atoms. The van der Waals surface area contributed by atoms with Crippen LogP contribution in [0.3, 0.4) is 0 Å². The van der Waals surface area contributed by atoms with E-state index in [0.29, 0.717) is 10.2 Å². The van der Waals surface area contributed by atoms with Crippen LogP contribution in [0.25, 0.3) is 0 Å². The van der Waals surface area contributed by atoms with Crippen LogP contribution < -0.4 is 5.32 Å². The van der Waals surface area contributed by atoms with Crippen LogP contribution in [0.2, 0.25) is 0 Å². The zero-order chi connectivity index (χ0) is 14.7. The molecule has 0 unspecified atom stereocenters. The maximum Gasteiger partial charge on any atom is 0.354 e. The Morgan fingerprint density at radius 3 is 2.60 bits per heavy atom. The van der Waals surface area contributed by atoms with Gasteiger partial charge in [-0.2, -0.15) is 0 Å². The Morgan fingerprint density at radius 2 is 2.00 bits per heavy atom. The molecule has 0 aliphatic heterocycles. The minimum Gasteiger partial charge on any atom is -0.477 e. The van der Waals surface area contributed by atoms with E-state index in [2.05, 4.69) is 26.2 Å². The summed E-state index contributed by atoms with van der Waals surface area (Å²) in [6.45, 7) is 0. The Kier molecular flexibility index (Phi) is 3.94. The number of hydrogen-bond acceptors (Lipinski definition) is 5. The van der Waals surface area contributed by atoms with Crippen molar-refractivity contribution in [1.82, 2.24) is 4.98 Å². The van der Waals surface area contributed by atoms with Gasteiger partial charge in [-0.25, -0.2) is 9.78 Å². The number of rotatable bonds is 4. The van der Waals surface area contributed by atoms with Gasteiger partial charge in [-0.1, -0.05) is 12.1 Å². The number of anilines is 2. The molecule has 0 spiro atoms. The predicted molar refractivity (Wildman–Crippen MR) is 75.3 cm³/mol. The molecule has 0 radical (unpaired) electrons. The highest BCUT2D eigenvalue weighted by Crippen LogP contribution is 2.29. The van der Waals surface area contributed by atoms with Crippen molar-refractivity contribution in [2.75, 3.05) is 5.32 Å². The van der Waals surface area contributed by atoms with Crippen LogP contribution in [0.1, 0.15) is 10.5 Å². The Morgan fingerprint density at radius 1 is 1.30 bits per heavy atom. The predicted octanol–water partition coefficient (Wildman–Crippen LogP) is 3.19. The molecule has 2 aromatic rings. The average Bonchev–Trinajstić information content (AvgIpc) is 2.41. The van der Waals surface area contributed by atoms with Gasteiger partial charge in [0.25, 0.3) is 0 Å². The van der Waals surface area contributed by atoms with Crippen LogP contribution >= 0.6 is 15.9 Å². The number of nitrogens with one attached hydrogen (secondary N) is 1. The number of aromatic nitrogens is 1. The molecule has 0 fully saturated rings. The van der Waals surface area contributed by atoms with Crippen LogP contribution in [0.15, 0.2) is 40.9 Å². The molecule has 1 heterocycles. The number of halogens is 1. The van der Waals surface area contributed by atoms with E-state index in [1.165, 1.54) is 0 Å². The van der Waals surface area contributed by atoms with E-state index < -0.39 is 10.9 Å². The van der Waals surface area contributed by atoms with Crippen LogP contribution in [0, 0.1) is 10.1 Å². The third-order valence-corrected chi connectivity index (χ3v) is 3.11. The fraction of sp³-hybridized carbons (Fsp3) is 0. The highest BCUT2D eigenvalue weighted by Gasteiger charge is 2.19. The highest BCUT2D eigenvalue weighted by molar-refractivity contribution is 9.10. The van der Waals surface area contributed by atoms with Gasteiger partial charge in [0.05, 0.1) is 10.6 Å². The SMILES string of the molecule is O=C(O)c1ccc([N+](=O)[O-])c(Nc2ccccc2Br)n1. The lowest BCUT2D eigenvalue weighted by Gasteiger charge is -2.08. The van der Waals surface area contributed by atoms with Crippen LogP contribution in [0.5, 0.6) is 0 Å². The second kappa shape index (κ2) is 5.66. The normalized spacial score (nSPS) is 10.1. The molecule has 2 rings (SSSR count). The summed E-state index contributed by atoms with van der Waals surface area (Å²) in [6, 6.07) is 9.14. The molecule has 20 heavy (non-hydrogen) atoms. The molecule has 1 aromatic carbocycles. The summed E-state index contributed by atoms with van der Waals surface area (Å²) in [4.78, 5) is 25.0. The van der Waals surface area contributed by atoms with Gasteiger partial charge in [-0.05, 0) is 34.1 Å². The highest BCUT2D eigenvalue weighted by atomic mass is 79.9. The quantitative estimate of drug-likeness (QED) is 0.655. The zero-order valence-corrected chi connectivity index (χ0v) is 11.5. The van der Waals surface area contributed by atoms with Crippen LogP contribution in [-0.2, 0) is 0 Å². The monoisotopic (exact) mass is 337 g/mol. The van der Waals surface area contributed by atoms with Crippen molar-refractivity contribution in [3.63, 3.8) is 0 Å². The van der Waals surface area contributed by atoms with Crippen molar-refractivity contribution in [2.24, 2.45) is 0 Å². The molecule has 0 aliphatic rings. The molecule has 2 N–H and O–H groups in total. The first kappa shape index (κ1) is 13.9. The first-order valence-electron chi connectivity index (χ1n) is 5.39. The van der Waals surface area contributed by atoms with Gasteiger partial charge < -0.3 is 10.4 Å². The van der Waals surface area contributed by atoms with E-state index in [9.17, 15) is 14.9 Å². The van der Waals surface area contributed by atoms with Gasteiger partial charge in [-0.15, -0.1) is 0 Å². The molecule has 8 heteroatoms. The number of carboxylic acid groups (broad SMARTS) is 1. The number of carboxylic acids is 1. The average molecular weight is 338 g/mol. The standard InChI is InChI=1S/C12H8BrN3O4/c13-7-3-1-2-4-8(7)14-11-10(16(19)20)6-5-9(15-11)12(17)18/h1-6H,(H,14,15)(H,17,18). The number of carbonyl (C=O) groups is 1. The maximum atomic E-state index is 10.9. The number of benzene rings is 1. The number of hydrogen-bond donors (Lipinski definition) is 2. The van der Waals surface area contributed by atoms with Crippen molar-refractivity contribution >= 4 is 39.1 Å².